The molecule has 1 atom stereocenters. The van der Waals surface area contributed by atoms with E-state index in [2.05, 4.69) is 12.1 Å². The van der Waals surface area contributed by atoms with Gasteiger partial charge in [-0.1, -0.05) is 24.3 Å². The molecule has 1 saturated heterocycles. The number of likely N-dealkylation sites (tertiary alicyclic amines) is 1. The van der Waals surface area contributed by atoms with Gasteiger partial charge in [0.25, 0.3) is 0 Å². The Morgan fingerprint density at radius 1 is 1.17 bits per heavy atom. The maximum atomic E-state index is 12.8. The van der Waals surface area contributed by atoms with Gasteiger partial charge in [-0.05, 0) is 29.7 Å². The number of furan rings is 1. The highest BCUT2D eigenvalue weighted by Crippen LogP contribution is 2.25. The van der Waals surface area contributed by atoms with Crippen LogP contribution in [0, 0.1) is 5.92 Å². The number of amides is 2. The number of fused-ring (bicyclic) bond motifs is 1. The van der Waals surface area contributed by atoms with E-state index >= 15 is 0 Å². The molecule has 2 aliphatic rings. The van der Waals surface area contributed by atoms with Crippen molar-refractivity contribution in [2.45, 2.75) is 25.9 Å². The summed E-state index contributed by atoms with van der Waals surface area (Å²) in [5.74, 6) is 0.642. The van der Waals surface area contributed by atoms with Crippen molar-refractivity contribution in [3.05, 3.63) is 59.5 Å². The van der Waals surface area contributed by atoms with Crippen LogP contribution in [0.1, 0.15) is 23.3 Å². The van der Waals surface area contributed by atoms with E-state index in [1.165, 1.54) is 11.1 Å². The van der Waals surface area contributed by atoms with Crippen LogP contribution < -0.4 is 0 Å². The van der Waals surface area contributed by atoms with E-state index in [4.69, 9.17) is 4.42 Å². The van der Waals surface area contributed by atoms with Crippen molar-refractivity contribution in [3.63, 3.8) is 0 Å². The van der Waals surface area contributed by atoms with Crippen LogP contribution in [0.2, 0.25) is 0 Å². The predicted molar refractivity (Wildman–Crippen MR) is 87.8 cm³/mol. The summed E-state index contributed by atoms with van der Waals surface area (Å²) in [5.41, 5.74) is 2.54. The fourth-order valence-electron chi connectivity index (χ4n) is 3.62. The number of hydrogen-bond acceptors (Lipinski definition) is 3. The summed E-state index contributed by atoms with van der Waals surface area (Å²) in [7, 11) is 0. The zero-order valence-electron chi connectivity index (χ0n) is 13.5. The average Bonchev–Trinajstić information content (AvgIpc) is 3.24. The normalized spacial score (nSPS) is 20.3. The Morgan fingerprint density at radius 3 is 2.79 bits per heavy atom. The molecule has 5 nitrogen and oxygen atoms in total. The Morgan fingerprint density at radius 2 is 2.00 bits per heavy atom. The lowest BCUT2D eigenvalue weighted by molar-refractivity contribution is -0.136. The molecule has 1 aromatic heterocycles. The first-order chi connectivity index (χ1) is 11.7. The van der Waals surface area contributed by atoms with Gasteiger partial charge in [-0.25, -0.2) is 0 Å². The van der Waals surface area contributed by atoms with Crippen molar-refractivity contribution in [1.82, 2.24) is 9.80 Å². The van der Waals surface area contributed by atoms with Crippen LogP contribution in [0.25, 0.3) is 0 Å². The second-order valence-electron chi connectivity index (χ2n) is 6.53. The van der Waals surface area contributed by atoms with E-state index in [1.807, 2.05) is 29.2 Å². The van der Waals surface area contributed by atoms with E-state index < -0.39 is 0 Å². The summed E-state index contributed by atoms with van der Waals surface area (Å²) >= 11 is 0. The highest BCUT2D eigenvalue weighted by Gasteiger charge is 2.37. The molecule has 2 aromatic rings. The molecule has 24 heavy (non-hydrogen) atoms. The first-order valence-corrected chi connectivity index (χ1v) is 8.36. The molecule has 0 saturated carbocycles. The van der Waals surface area contributed by atoms with Gasteiger partial charge in [-0.15, -0.1) is 0 Å². The molecule has 0 spiro atoms. The minimum atomic E-state index is -0.238. The molecule has 0 bridgehead atoms. The van der Waals surface area contributed by atoms with Crippen LogP contribution in [-0.2, 0) is 29.1 Å². The molecule has 2 aliphatic heterocycles. The highest BCUT2D eigenvalue weighted by molar-refractivity contribution is 5.89. The van der Waals surface area contributed by atoms with Gasteiger partial charge >= 0.3 is 0 Å². The third-order valence-corrected chi connectivity index (χ3v) is 4.93. The quantitative estimate of drug-likeness (QED) is 0.870. The first kappa shape index (κ1) is 15.0. The van der Waals surface area contributed by atoms with E-state index in [0.29, 0.717) is 26.1 Å². The van der Waals surface area contributed by atoms with Crippen LogP contribution >= 0.6 is 0 Å². The molecule has 3 heterocycles. The summed E-state index contributed by atoms with van der Waals surface area (Å²) in [6.07, 6.45) is 2.79. The molecule has 0 radical (unpaired) electrons. The summed E-state index contributed by atoms with van der Waals surface area (Å²) in [6.45, 7) is 2.31. The van der Waals surface area contributed by atoms with Gasteiger partial charge in [0.1, 0.15) is 5.76 Å². The molecule has 0 aliphatic carbocycles. The van der Waals surface area contributed by atoms with Gasteiger partial charge in [0, 0.05) is 26.1 Å². The van der Waals surface area contributed by atoms with Crippen LogP contribution in [0.4, 0.5) is 0 Å². The monoisotopic (exact) mass is 324 g/mol. The maximum Gasteiger partial charge on any atom is 0.228 e. The summed E-state index contributed by atoms with van der Waals surface area (Å²) in [4.78, 5) is 28.7. The van der Waals surface area contributed by atoms with Crippen molar-refractivity contribution < 1.29 is 14.0 Å². The molecule has 1 fully saturated rings. The van der Waals surface area contributed by atoms with Crippen LogP contribution in [0.5, 0.6) is 0 Å². The standard InChI is InChI=1S/C19H20N2O3/c22-18-10-16(12-21(18)13-17-6-3-9-24-17)19(23)20-8-7-14-4-1-2-5-15(14)11-20/h1-6,9,16H,7-8,10-13H2. The Hall–Kier alpha value is -2.56. The molecule has 1 unspecified atom stereocenters. The van der Waals surface area contributed by atoms with E-state index in [1.54, 1.807) is 11.2 Å². The fraction of sp³-hybridized carbons (Fsp3) is 0.368. The fourth-order valence-corrected chi connectivity index (χ4v) is 3.62. The average molecular weight is 324 g/mol. The molecule has 5 heteroatoms. The van der Waals surface area contributed by atoms with Crippen molar-refractivity contribution in [2.75, 3.05) is 13.1 Å². The lowest BCUT2D eigenvalue weighted by atomic mass is 9.98. The van der Waals surface area contributed by atoms with Gasteiger partial charge in [0.15, 0.2) is 0 Å². The largest absolute Gasteiger partial charge is 0.467 e. The van der Waals surface area contributed by atoms with Crippen molar-refractivity contribution in [1.29, 1.82) is 0 Å². The molecular weight excluding hydrogens is 304 g/mol. The highest BCUT2D eigenvalue weighted by atomic mass is 16.3. The number of benzene rings is 1. The van der Waals surface area contributed by atoms with Crippen LogP contribution in [0.3, 0.4) is 0 Å². The smallest absolute Gasteiger partial charge is 0.228 e. The number of carbonyl (C=O) groups excluding carboxylic acids is 2. The van der Waals surface area contributed by atoms with Gasteiger partial charge in [-0.3, -0.25) is 9.59 Å². The predicted octanol–water partition coefficient (Wildman–Crippen LogP) is 2.21. The number of rotatable bonds is 3. The maximum absolute atomic E-state index is 12.8. The third kappa shape index (κ3) is 2.82. The molecule has 2 amide bonds. The minimum Gasteiger partial charge on any atom is -0.467 e. The van der Waals surface area contributed by atoms with E-state index in [9.17, 15) is 9.59 Å². The lowest BCUT2D eigenvalue weighted by Crippen LogP contribution is -2.40. The van der Waals surface area contributed by atoms with Gasteiger partial charge in [-0.2, -0.15) is 0 Å². The zero-order valence-corrected chi connectivity index (χ0v) is 13.5. The molecular formula is C19H20N2O3. The number of nitrogens with zero attached hydrogens (tertiary/aromatic N) is 2. The van der Waals surface area contributed by atoms with Gasteiger partial charge < -0.3 is 14.2 Å². The van der Waals surface area contributed by atoms with Crippen LogP contribution in [0.15, 0.2) is 47.1 Å². The Balaban J connectivity index is 1.41. The number of carbonyl (C=O) groups is 2. The van der Waals surface area contributed by atoms with Crippen molar-refractivity contribution in [3.8, 4) is 0 Å². The molecule has 124 valence electrons. The molecule has 0 N–H and O–H groups in total. The zero-order chi connectivity index (χ0) is 16.5. The van der Waals surface area contributed by atoms with Crippen molar-refractivity contribution >= 4 is 11.8 Å². The van der Waals surface area contributed by atoms with E-state index in [0.717, 1.165) is 18.7 Å². The minimum absolute atomic E-state index is 0.0298. The van der Waals surface area contributed by atoms with Crippen LogP contribution in [-0.4, -0.2) is 34.7 Å². The lowest BCUT2D eigenvalue weighted by Gasteiger charge is -2.30. The topological polar surface area (TPSA) is 53.8 Å². The Bertz CT molecular complexity index is 754. The first-order valence-electron chi connectivity index (χ1n) is 8.36. The number of hydrogen-bond donors (Lipinski definition) is 0. The third-order valence-electron chi connectivity index (χ3n) is 4.93. The second kappa shape index (κ2) is 6.15. The van der Waals surface area contributed by atoms with Crippen molar-refractivity contribution in [2.24, 2.45) is 5.92 Å². The van der Waals surface area contributed by atoms with Gasteiger partial charge in [0.05, 0.1) is 18.7 Å². The summed E-state index contributed by atoms with van der Waals surface area (Å²) in [6, 6.07) is 11.9. The SMILES string of the molecule is O=C1CC(C(=O)N2CCc3ccccc3C2)CN1Cc1ccco1. The Labute approximate surface area is 140 Å². The molecule has 1 aromatic carbocycles. The summed E-state index contributed by atoms with van der Waals surface area (Å²) < 4.78 is 5.31. The summed E-state index contributed by atoms with van der Waals surface area (Å²) in [5, 5.41) is 0. The second-order valence-corrected chi connectivity index (χ2v) is 6.53. The molecule has 4 rings (SSSR count). The van der Waals surface area contributed by atoms with Gasteiger partial charge in [0.2, 0.25) is 11.8 Å². The Kier molecular flexibility index (Phi) is 3.84. The van der Waals surface area contributed by atoms with E-state index in [-0.39, 0.29) is 17.7 Å².